The van der Waals surface area contributed by atoms with Crippen LogP contribution in [-0.4, -0.2) is 16.1 Å². The molecule has 3 aromatic rings. The van der Waals surface area contributed by atoms with Crippen molar-refractivity contribution in [2.45, 2.75) is 85.7 Å². The summed E-state index contributed by atoms with van der Waals surface area (Å²) in [6, 6.07) is 8.70. The van der Waals surface area contributed by atoms with Crippen LogP contribution in [-0.2, 0) is 0 Å². The highest BCUT2D eigenvalue weighted by atomic mass is 16.3. The lowest BCUT2D eigenvalue weighted by molar-refractivity contribution is 0.243. The van der Waals surface area contributed by atoms with Crippen molar-refractivity contribution in [3.63, 3.8) is 0 Å². The molecule has 28 heavy (non-hydrogen) atoms. The molecule has 1 fully saturated rings. The molecule has 2 aromatic heterocycles. The third kappa shape index (κ3) is 2.51. The van der Waals surface area contributed by atoms with Crippen molar-refractivity contribution in [1.29, 1.82) is 0 Å². The van der Waals surface area contributed by atoms with Crippen molar-refractivity contribution in [1.82, 2.24) is 4.98 Å². The van der Waals surface area contributed by atoms with Gasteiger partial charge >= 0.3 is 0 Å². The van der Waals surface area contributed by atoms with Gasteiger partial charge in [-0.3, -0.25) is 0 Å². The van der Waals surface area contributed by atoms with Crippen LogP contribution in [0.2, 0.25) is 0 Å². The van der Waals surface area contributed by atoms with Gasteiger partial charge < -0.3 is 9.32 Å². The number of aromatic nitrogens is 1. The Morgan fingerprint density at radius 2 is 1.68 bits per heavy atom. The van der Waals surface area contributed by atoms with Crippen LogP contribution in [0.25, 0.3) is 22.1 Å². The van der Waals surface area contributed by atoms with Crippen molar-refractivity contribution in [2.75, 3.05) is 4.90 Å². The van der Waals surface area contributed by atoms with E-state index in [0.29, 0.717) is 5.92 Å². The second-order valence-electron chi connectivity index (χ2n) is 10.7. The van der Waals surface area contributed by atoms with Crippen LogP contribution < -0.4 is 4.90 Å². The molecule has 3 heteroatoms. The van der Waals surface area contributed by atoms with Gasteiger partial charge in [0.1, 0.15) is 5.58 Å². The highest BCUT2D eigenvalue weighted by Gasteiger charge is 2.56. The molecule has 4 rings (SSSR count). The predicted molar refractivity (Wildman–Crippen MR) is 119 cm³/mol. The number of hydrogen-bond acceptors (Lipinski definition) is 3. The van der Waals surface area contributed by atoms with E-state index in [9.17, 15) is 0 Å². The first-order chi connectivity index (χ1) is 12.9. The van der Waals surface area contributed by atoms with E-state index in [1.165, 1.54) is 16.6 Å². The molecule has 0 unspecified atom stereocenters. The Morgan fingerprint density at radius 1 is 1.00 bits per heavy atom. The highest BCUT2D eigenvalue weighted by molar-refractivity contribution is 6.07. The smallest absolute Gasteiger partial charge is 0.227 e. The molecule has 0 aliphatic carbocycles. The van der Waals surface area contributed by atoms with Gasteiger partial charge in [-0.1, -0.05) is 27.7 Å². The molecular weight excluding hydrogens is 344 g/mol. The lowest BCUT2D eigenvalue weighted by Crippen LogP contribution is -2.52. The molecule has 0 radical (unpaired) electrons. The Hall–Kier alpha value is -2.03. The van der Waals surface area contributed by atoms with Gasteiger partial charge in [0.2, 0.25) is 5.71 Å². The van der Waals surface area contributed by atoms with E-state index in [4.69, 9.17) is 9.40 Å². The minimum Gasteiger partial charge on any atom is -0.438 e. The molecule has 1 saturated heterocycles. The molecule has 0 N–H and O–H groups in total. The van der Waals surface area contributed by atoms with E-state index in [1.54, 1.807) is 0 Å². The van der Waals surface area contributed by atoms with Gasteiger partial charge in [-0.2, -0.15) is 0 Å². The van der Waals surface area contributed by atoms with Crippen LogP contribution in [0.4, 0.5) is 5.69 Å². The summed E-state index contributed by atoms with van der Waals surface area (Å²) in [5, 5.41) is 2.32. The fraction of sp³-hybridized carbons (Fsp3) is 0.560. The Bertz CT molecular complexity index is 1070. The molecule has 3 heterocycles. The van der Waals surface area contributed by atoms with E-state index in [-0.39, 0.29) is 16.5 Å². The van der Waals surface area contributed by atoms with Gasteiger partial charge in [0.15, 0.2) is 0 Å². The topological polar surface area (TPSA) is 29.3 Å². The summed E-state index contributed by atoms with van der Waals surface area (Å²) in [7, 11) is 0. The minimum absolute atomic E-state index is 0.0531. The zero-order valence-corrected chi connectivity index (χ0v) is 18.9. The van der Waals surface area contributed by atoms with Crippen LogP contribution in [0.5, 0.6) is 0 Å². The average Bonchev–Trinajstić information content (AvgIpc) is 2.98. The number of benzene rings is 1. The zero-order valence-electron chi connectivity index (χ0n) is 18.9. The fourth-order valence-electron chi connectivity index (χ4n) is 5.55. The minimum atomic E-state index is 0.0531. The summed E-state index contributed by atoms with van der Waals surface area (Å²) < 4.78 is 6.16. The number of aryl methyl sites for hydroxylation is 1. The van der Waals surface area contributed by atoms with Gasteiger partial charge in [-0.15, -0.1) is 0 Å². The monoisotopic (exact) mass is 378 g/mol. The van der Waals surface area contributed by atoms with Crippen molar-refractivity contribution in [2.24, 2.45) is 5.41 Å². The van der Waals surface area contributed by atoms with Gasteiger partial charge in [0, 0.05) is 33.2 Å². The Kier molecular flexibility index (Phi) is 3.96. The molecule has 150 valence electrons. The SMILES string of the molecule is Cc1c(N2C(C)(C)CC(C)(C)C2(C)C)ccc2oc3nc(C(C)C)ccc3c12. The quantitative estimate of drug-likeness (QED) is 0.472. The van der Waals surface area contributed by atoms with E-state index < -0.39 is 0 Å². The number of nitrogens with zero attached hydrogens (tertiary/aromatic N) is 2. The average molecular weight is 379 g/mol. The molecule has 1 aliphatic rings. The lowest BCUT2D eigenvalue weighted by atomic mass is 9.74. The van der Waals surface area contributed by atoms with E-state index in [1.807, 2.05) is 0 Å². The highest BCUT2D eigenvalue weighted by Crippen LogP contribution is 2.55. The van der Waals surface area contributed by atoms with E-state index >= 15 is 0 Å². The van der Waals surface area contributed by atoms with Crippen molar-refractivity contribution >= 4 is 27.8 Å². The summed E-state index contributed by atoms with van der Waals surface area (Å²) >= 11 is 0. The largest absolute Gasteiger partial charge is 0.438 e. The van der Waals surface area contributed by atoms with Gasteiger partial charge in [0.05, 0.1) is 0 Å². The van der Waals surface area contributed by atoms with Crippen molar-refractivity contribution < 1.29 is 4.42 Å². The van der Waals surface area contributed by atoms with Crippen LogP contribution in [0.1, 0.15) is 79.0 Å². The van der Waals surface area contributed by atoms with Gasteiger partial charge in [-0.05, 0) is 82.2 Å². The first-order valence-corrected chi connectivity index (χ1v) is 10.5. The molecule has 1 aromatic carbocycles. The summed E-state index contributed by atoms with van der Waals surface area (Å²) in [6.45, 7) is 20.9. The Morgan fingerprint density at radius 3 is 2.25 bits per heavy atom. The molecule has 0 spiro atoms. The molecule has 0 saturated carbocycles. The number of hydrogen-bond donors (Lipinski definition) is 0. The van der Waals surface area contributed by atoms with Crippen LogP contribution in [0, 0.1) is 12.3 Å². The third-order valence-corrected chi connectivity index (χ3v) is 7.28. The van der Waals surface area contributed by atoms with Gasteiger partial charge in [0.25, 0.3) is 0 Å². The van der Waals surface area contributed by atoms with Gasteiger partial charge in [-0.25, -0.2) is 4.98 Å². The second-order valence-corrected chi connectivity index (χ2v) is 10.7. The maximum atomic E-state index is 6.16. The number of furan rings is 1. The number of pyridine rings is 1. The summed E-state index contributed by atoms with van der Waals surface area (Å²) in [5.74, 6) is 0.391. The maximum Gasteiger partial charge on any atom is 0.227 e. The van der Waals surface area contributed by atoms with Crippen LogP contribution >= 0.6 is 0 Å². The number of fused-ring (bicyclic) bond motifs is 3. The summed E-state index contributed by atoms with van der Waals surface area (Å²) in [5.41, 5.74) is 5.72. The number of anilines is 1. The van der Waals surface area contributed by atoms with Crippen molar-refractivity contribution in [3.05, 3.63) is 35.5 Å². The van der Waals surface area contributed by atoms with Crippen molar-refractivity contribution in [3.8, 4) is 0 Å². The summed E-state index contributed by atoms with van der Waals surface area (Å²) in [4.78, 5) is 7.42. The second kappa shape index (κ2) is 5.75. The maximum absolute atomic E-state index is 6.16. The van der Waals surface area contributed by atoms with Crippen LogP contribution in [0.15, 0.2) is 28.7 Å². The van der Waals surface area contributed by atoms with E-state index in [0.717, 1.165) is 28.8 Å². The normalized spacial score (nSPS) is 20.6. The fourth-order valence-corrected chi connectivity index (χ4v) is 5.55. The third-order valence-electron chi connectivity index (χ3n) is 7.28. The van der Waals surface area contributed by atoms with E-state index in [2.05, 4.69) is 91.5 Å². The molecule has 0 amide bonds. The molecule has 0 bridgehead atoms. The predicted octanol–water partition coefficient (Wildman–Crippen LogP) is 7.21. The standard InChI is InChI=1S/C25H34N2O/c1-15(2)18-11-10-17-21-16(3)19(12-13-20(21)28-22(17)26-18)27-24(6,7)14-23(4,5)25(27,8)9/h10-13,15H,14H2,1-9H3. The molecular formula is C25H34N2O. The Labute approximate surface area is 169 Å². The molecule has 1 aliphatic heterocycles. The number of rotatable bonds is 2. The lowest BCUT2D eigenvalue weighted by Gasteiger charge is -2.46. The van der Waals surface area contributed by atoms with Crippen LogP contribution in [0.3, 0.4) is 0 Å². The molecule has 0 atom stereocenters. The summed E-state index contributed by atoms with van der Waals surface area (Å²) in [6.07, 6.45) is 1.16. The molecule has 3 nitrogen and oxygen atoms in total. The first-order valence-electron chi connectivity index (χ1n) is 10.5. The first kappa shape index (κ1) is 19.3. The zero-order chi connectivity index (χ0) is 20.6. The Balaban J connectivity index is 1.97.